The first-order valence-corrected chi connectivity index (χ1v) is 7.72. The van der Waals surface area contributed by atoms with E-state index in [1.165, 1.54) is 11.3 Å². The second-order valence-electron chi connectivity index (χ2n) is 5.16. The lowest BCUT2D eigenvalue weighted by Crippen LogP contribution is -2.43. The fourth-order valence-corrected chi connectivity index (χ4v) is 3.17. The lowest BCUT2D eigenvalue weighted by molar-refractivity contribution is -0.134. The van der Waals surface area contributed by atoms with Gasteiger partial charge in [-0.05, 0) is 42.3 Å². The molecule has 2 N–H and O–H groups in total. The van der Waals surface area contributed by atoms with Gasteiger partial charge in [-0.3, -0.25) is 4.79 Å². The van der Waals surface area contributed by atoms with Gasteiger partial charge in [0.2, 0.25) is 5.91 Å². The van der Waals surface area contributed by atoms with Crippen molar-refractivity contribution in [1.82, 2.24) is 5.32 Å². The standard InChI is InChI=1S/C15H19NO4S/c1-20-15(6-2-7-15)9-13(17)16-10-12-11(5-8-21-12)3-4-14(18)19/h3-5,8H,2,6-7,9-10H2,1H3,(H,16,17)(H,18,19)/b4-3+. The van der Waals surface area contributed by atoms with E-state index in [1.807, 2.05) is 11.4 Å². The van der Waals surface area contributed by atoms with Crippen LogP contribution in [0.4, 0.5) is 0 Å². The van der Waals surface area contributed by atoms with E-state index in [-0.39, 0.29) is 11.5 Å². The maximum absolute atomic E-state index is 12.0. The monoisotopic (exact) mass is 309 g/mol. The molecule has 5 nitrogen and oxygen atoms in total. The Kier molecular flexibility index (Phi) is 5.14. The number of hydrogen-bond acceptors (Lipinski definition) is 4. The minimum atomic E-state index is -0.983. The van der Waals surface area contributed by atoms with Gasteiger partial charge in [-0.2, -0.15) is 0 Å². The zero-order valence-corrected chi connectivity index (χ0v) is 12.7. The minimum Gasteiger partial charge on any atom is -0.478 e. The maximum atomic E-state index is 12.0. The highest BCUT2D eigenvalue weighted by Crippen LogP contribution is 2.37. The van der Waals surface area contributed by atoms with Gasteiger partial charge in [0.1, 0.15) is 0 Å². The predicted molar refractivity (Wildman–Crippen MR) is 81.0 cm³/mol. The van der Waals surface area contributed by atoms with Gasteiger partial charge in [-0.15, -0.1) is 11.3 Å². The zero-order chi connectivity index (χ0) is 15.3. The summed E-state index contributed by atoms with van der Waals surface area (Å²) in [4.78, 5) is 23.5. The summed E-state index contributed by atoms with van der Waals surface area (Å²) in [7, 11) is 1.65. The number of carboxylic acids is 1. The third kappa shape index (κ3) is 4.15. The van der Waals surface area contributed by atoms with Crippen molar-refractivity contribution in [3.63, 3.8) is 0 Å². The van der Waals surface area contributed by atoms with Gasteiger partial charge in [0.25, 0.3) is 0 Å². The van der Waals surface area contributed by atoms with Gasteiger partial charge in [0.15, 0.2) is 0 Å². The molecule has 1 fully saturated rings. The van der Waals surface area contributed by atoms with Crippen LogP contribution in [0, 0.1) is 0 Å². The molecule has 1 aromatic heterocycles. The van der Waals surface area contributed by atoms with E-state index in [1.54, 1.807) is 13.2 Å². The molecule has 1 amide bonds. The molecule has 1 aliphatic rings. The molecule has 0 bridgehead atoms. The van der Waals surface area contributed by atoms with E-state index in [2.05, 4.69) is 5.32 Å². The Morgan fingerprint density at radius 1 is 1.52 bits per heavy atom. The van der Waals surface area contributed by atoms with Gasteiger partial charge in [0, 0.05) is 18.1 Å². The second kappa shape index (κ2) is 6.87. The quantitative estimate of drug-likeness (QED) is 0.759. The van der Waals surface area contributed by atoms with Gasteiger partial charge < -0.3 is 15.2 Å². The average molecular weight is 309 g/mol. The summed E-state index contributed by atoms with van der Waals surface area (Å²) in [6.45, 7) is 0.412. The molecule has 1 saturated carbocycles. The highest BCUT2D eigenvalue weighted by molar-refractivity contribution is 7.10. The highest BCUT2D eigenvalue weighted by Gasteiger charge is 2.38. The topological polar surface area (TPSA) is 75.6 Å². The van der Waals surface area contributed by atoms with Gasteiger partial charge >= 0.3 is 5.97 Å². The third-order valence-electron chi connectivity index (χ3n) is 3.81. The first-order chi connectivity index (χ1) is 10.0. The summed E-state index contributed by atoms with van der Waals surface area (Å²) < 4.78 is 5.44. The number of rotatable bonds is 7. The van der Waals surface area contributed by atoms with E-state index in [0.29, 0.717) is 13.0 Å². The van der Waals surface area contributed by atoms with E-state index >= 15 is 0 Å². The molecule has 6 heteroatoms. The average Bonchev–Trinajstić information content (AvgIpc) is 2.85. The lowest BCUT2D eigenvalue weighted by Gasteiger charge is -2.39. The van der Waals surface area contributed by atoms with Gasteiger partial charge in [-0.1, -0.05) is 0 Å². The summed E-state index contributed by atoms with van der Waals surface area (Å²) in [5.74, 6) is -1.01. The van der Waals surface area contributed by atoms with Crippen LogP contribution in [0.15, 0.2) is 17.5 Å². The lowest BCUT2D eigenvalue weighted by atomic mass is 9.77. The molecule has 1 aromatic rings. The van der Waals surface area contributed by atoms with Crippen molar-refractivity contribution in [3.05, 3.63) is 28.0 Å². The fourth-order valence-electron chi connectivity index (χ4n) is 2.36. The Labute approximate surface area is 127 Å². The van der Waals surface area contributed by atoms with Crippen molar-refractivity contribution in [2.24, 2.45) is 0 Å². The van der Waals surface area contributed by atoms with Gasteiger partial charge in [-0.25, -0.2) is 4.79 Å². The summed E-state index contributed by atoms with van der Waals surface area (Å²) >= 11 is 1.50. The summed E-state index contributed by atoms with van der Waals surface area (Å²) in [6, 6.07) is 1.84. The van der Waals surface area contributed by atoms with Crippen molar-refractivity contribution in [1.29, 1.82) is 0 Å². The van der Waals surface area contributed by atoms with Crippen LogP contribution in [-0.4, -0.2) is 29.7 Å². The van der Waals surface area contributed by atoms with E-state index < -0.39 is 5.97 Å². The molecule has 2 rings (SSSR count). The molecule has 0 aromatic carbocycles. The van der Waals surface area contributed by atoms with Crippen molar-refractivity contribution in [2.75, 3.05) is 7.11 Å². The SMILES string of the molecule is COC1(CC(=O)NCc2sccc2/C=C/C(=O)O)CCC1. The number of ether oxygens (including phenoxy) is 1. The molecule has 0 spiro atoms. The maximum Gasteiger partial charge on any atom is 0.328 e. The van der Waals surface area contributed by atoms with Crippen molar-refractivity contribution in [2.45, 2.75) is 37.8 Å². The Hall–Kier alpha value is -1.66. The van der Waals surface area contributed by atoms with Crippen LogP contribution < -0.4 is 5.32 Å². The number of hydrogen-bond donors (Lipinski definition) is 2. The molecule has 114 valence electrons. The number of thiophene rings is 1. The fraction of sp³-hybridized carbons (Fsp3) is 0.467. The first-order valence-electron chi connectivity index (χ1n) is 6.84. The third-order valence-corrected chi connectivity index (χ3v) is 4.75. The number of carbonyl (C=O) groups excluding carboxylic acids is 1. The number of nitrogens with one attached hydrogen (secondary N) is 1. The van der Waals surface area contributed by atoms with Crippen LogP contribution in [-0.2, 0) is 20.9 Å². The molecule has 0 unspecified atom stereocenters. The molecule has 1 aliphatic carbocycles. The largest absolute Gasteiger partial charge is 0.478 e. The Bertz CT molecular complexity index is 540. The number of carboxylic acid groups (broad SMARTS) is 1. The molecule has 0 saturated heterocycles. The molecular weight excluding hydrogens is 290 g/mol. The normalized spacial score (nSPS) is 16.6. The summed E-state index contributed by atoms with van der Waals surface area (Å²) in [5.41, 5.74) is 0.554. The molecule has 21 heavy (non-hydrogen) atoms. The van der Waals surface area contributed by atoms with Crippen LogP contribution in [0.3, 0.4) is 0 Å². The van der Waals surface area contributed by atoms with Crippen LogP contribution in [0.5, 0.6) is 0 Å². The Balaban J connectivity index is 1.87. The number of carbonyl (C=O) groups is 2. The summed E-state index contributed by atoms with van der Waals surface area (Å²) in [5, 5.41) is 13.4. The predicted octanol–water partition coefficient (Wildman–Crippen LogP) is 2.42. The molecule has 0 aliphatic heterocycles. The first kappa shape index (κ1) is 15.7. The summed E-state index contributed by atoms with van der Waals surface area (Å²) in [6.07, 6.45) is 6.00. The number of amides is 1. The molecular formula is C15H19NO4S. The Morgan fingerprint density at radius 2 is 2.29 bits per heavy atom. The second-order valence-corrected chi connectivity index (χ2v) is 6.17. The molecule has 1 heterocycles. The van der Waals surface area contributed by atoms with Crippen molar-refractivity contribution >= 4 is 29.3 Å². The Morgan fingerprint density at radius 3 is 2.86 bits per heavy atom. The van der Waals surface area contributed by atoms with Crippen LogP contribution in [0.2, 0.25) is 0 Å². The van der Waals surface area contributed by atoms with Crippen LogP contribution in [0.1, 0.15) is 36.1 Å². The van der Waals surface area contributed by atoms with Crippen molar-refractivity contribution < 1.29 is 19.4 Å². The van der Waals surface area contributed by atoms with E-state index in [9.17, 15) is 9.59 Å². The molecule has 0 atom stereocenters. The van der Waals surface area contributed by atoms with Crippen LogP contribution >= 0.6 is 11.3 Å². The smallest absolute Gasteiger partial charge is 0.328 e. The zero-order valence-electron chi connectivity index (χ0n) is 11.9. The number of aliphatic carboxylic acids is 1. The van der Waals surface area contributed by atoms with Crippen molar-refractivity contribution in [3.8, 4) is 0 Å². The minimum absolute atomic E-state index is 0.0295. The van der Waals surface area contributed by atoms with Gasteiger partial charge in [0.05, 0.1) is 18.6 Å². The van der Waals surface area contributed by atoms with E-state index in [4.69, 9.17) is 9.84 Å². The highest BCUT2D eigenvalue weighted by atomic mass is 32.1. The van der Waals surface area contributed by atoms with E-state index in [0.717, 1.165) is 35.8 Å². The molecule has 0 radical (unpaired) electrons. The van der Waals surface area contributed by atoms with Crippen LogP contribution in [0.25, 0.3) is 6.08 Å². The number of methoxy groups -OCH3 is 1.